The summed E-state index contributed by atoms with van der Waals surface area (Å²) in [5.41, 5.74) is 0.951. The highest BCUT2D eigenvalue weighted by Gasteiger charge is 2.49. The van der Waals surface area contributed by atoms with Gasteiger partial charge < -0.3 is 4.74 Å². The van der Waals surface area contributed by atoms with Crippen LogP contribution < -0.4 is 0 Å². The van der Waals surface area contributed by atoms with Crippen molar-refractivity contribution in [2.75, 3.05) is 12.4 Å². The van der Waals surface area contributed by atoms with Crippen LogP contribution >= 0.6 is 11.8 Å². The van der Waals surface area contributed by atoms with Crippen molar-refractivity contribution in [1.82, 2.24) is 0 Å². The number of halogens is 1. The highest BCUT2D eigenvalue weighted by molar-refractivity contribution is 7.99. The van der Waals surface area contributed by atoms with E-state index < -0.39 is 0 Å². The molecule has 0 aromatic heterocycles. The van der Waals surface area contributed by atoms with Gasteiger partial charge in [-0.05, 0) is 24.6 Å². The molecular weight excluding hydrogens is 187 g/mol. The fourth-order valence-electron chi connectivity index (χ4n) is 1.83. The Morgan fingerprint density at radius 2 is 2.31 bits per heavy atom. The summed E-state index contributed by atoms with van der Waals surface area (Å²) in [6.07, 6.45) is 1.02. The van der Waals surface area contributed by atoms with Crippen LogP contribution in [0.25, 0.3) is 0 Å². The summed E-state index contributed by atoms with van der Waals surface area (Å²) in [6.45, 7) is 0.768. The van der Waals surface area contributed by atoms with Gasteiger partial charge in [0.2, 0.25) is 0 Å². The number of benzene rings is 1. The van der Waals surface area contributed by atoms with Crippen LogP contribution in [0.1, 0.15) is 12.0 Å². The largest absolute Gasteiger partial charge is 0.364 e. The Balaban J connectivity index is 2.16. The van der Waals surface area contributed by atoms with E-state index in [-0.39, 0.29) is 11.4 Å². The number of ether oxygens (including phenoxy) is 1. The highest BCUT2D eigenvalue weighted by atomic mass is 32.2. The second kappa shape index (κ2) is 2.49. The van der Waals surface area contributed by atoms with Gasteiger partial charge in [-0.1, -0.05) is 0 Å². The normalized spacial score (nSPS) is 30.2. The van der Waals surface area contributed by atoms with Crippen LogP contribution in [-0.4, -0.2) is 12.4 Å². The van der Waals surface area contributed by atoms with Crippen LogP contribution in [-0.2, 0) is 10.3 Å². The Hall–Kier alpha value is -0.540. The van der Waals surface area contributed by atoms with E-state index in [9.17, 15) is 4.39 Å². The Bertz CT molecular complexity index is 360. The molecule has 2 heterocycles. The quantitative estimate of drug-likeness (QED) is 0.591. The van der Waals surface area contributed by atoms with Crippen LogP contribution in [0.2, 0.25) is 0 Å². The molecule has 0 amide bonds. The molecule has 3 heteroatoms. The average Bonchev–Trinajstić information content (AvgIpc) is 2.88. The summed E-state index contributed by atoms with van der Waals surface area (Å²) in [5, 5.41) is 0. The van der Waals surface area contributed by atoms with Crippen LogP contribution in [0.5, 0.6) is 0 Å². The summed E-state index contributed by atoms with van der Waals surface area (Å²) < 4.78 is 18.4. The minimum absolute atomic E-state index is 0.108. The summed E-state index contributed by atoms with van der Waals surface area (Å²) in [4.78, 5) is 1.19. The fourth-order valence-corrected chi connectivity index (χ4v) is 3.05. The summed E-state index contributed by atoms with van der Waals surface area (Å²) >= 11 is 1.79. The van der Waals surface area contributed by atoms with Gasteiger partial charge in [-0.3, -0.25) is 0 Å². The van der Waals surface area contributed by atoms with Crippen LogP contribution in [0.3, 0.4) is 0 Å². The van der Waals surface area contributed by atoms with Gasteiger partial charge in [0.15, 0.2) is 0 Å². The summed E-state index contributed by atoms with van der Waals surface area (Å²) in [5.74, 6) is 0.926. The first-order valence-electron chi connectivity index (χ1n) is 4.37. The first kappa shape index (κ1) is 7.83. The molecule has 0 bridgehead atoms. The maximum Gasteiger partial charge on any atom is 0.123 e. The fraction of sp³-hybridized carbons (Fsp3) is 0.400. The van der Waals surface area contributed by atoms with Gasteiger partial charge >= 0.3 is 0 Å². The molecule has 1 atom stereocenters. The molecular formula is C10H9FOS. The molecule has 1 saturated heterocycles. The number of hydrogen-bond acceptors (Lipinski definition) is 2. The number of hydrogen-bond donors (Lipinski definition) is 0. The molecule has 1 spiro atoms. The second-order valence-electron chi connectivity index (χ2n) is 3.52. The van der Waals surface area contributed by atoms with Crippen LogP contribution in [0, 0.1) is 5.82 Å². The van der Waals surface area contributed by atoms with E-state index in [1.54, 1.807) is 17.8 Å². The zero-order valence-electron chi connectivity index (χ0n) is 7.05. The van der Waals surface area contributed by atoms with Crippen molar-refractivity contribution in [2.24, 2.45) is 0 Å². The maximum absolute atomic E-state index is 13.0. The highest BCUT2D eigenvalue weighted by Crippen LogP contribution is 2.50. The monoisotopic (exact) mass is 196 g/mol. The summed E-state index contributed by atoms with van der Waals surface area (Å²) in [6, 6.07) is 5.00. The van der Waals surface area contributed by atoms with Gasteiger partial charge in [-0.15, -0.1) is 11.8 Å². The van der Waals surface area contributed by atoms with Gasteiger partial charge in [0, 0.05) is 16.2 Å². The number of epoxide rings is 1. The third-order valence-corrected chi connectivity index (χ3v) is 3.76. The van der Waals surface area contributed by atoms with Crippen molar-refractivity contribution < 1.29 is 9.13 Å². The Morgan fingerprint density at radius 1 is 1.46 bits per heavy atom. The van der Waals surface area contributed by atoms with Crippen molar-refractivity contribution in [3.8, 4) is 0 Å². The Morgan fingerprint density at radius 3 is 3.08 bits per heavy atom. The molecule has 0 aliphatic carbocycles. The number of rotatable bonds is 0. The first-order chi connectivity index (χ1) is 6.30. The Labute approximate surface area is 80.3 Å². The van der Waals surface area contributed by atoms with Crippen molar-refractivity contribution in [3.63, 3.8) is 0 Å². The van der Waals surface area contributed by atoms with Gasteiger partial charge in [-0.2, -0.15) is 0 Å². The van der Waals surface area contributed by atoms with Gasteiger partial charge in [-0.25, -0.2) is 4.39 Å². The molecule has 0 saturated carbocycles. The molecule has 3 rings (SSSR count). The van der Waals surface area contributed by atoms with Gasteiger partial charge in [0.05, 0.1) is 6.61 Å². The zero-order valence-corrected chi connectivity index (χ0v) is 7.86. The lowest BCUT2D eigenvalue weighted by Gasteiger charge is -2.21. The molecule has 1 aromatic carbocycles. The van der Waals surface area contributed by atoms with Crippen LogP contribution in [0.15, 0.2) is 23.1 Å². The van der Waals surface area contributed by atoms with E-state index in [0.29, 0.717) is 0 Å². The van der Waals surface area contributed by atoms with Crippen molar-refractivity contribution >= 4 is 11.8 Å². The van der Waals surface area contributed by atoms with Crippen molar-refractivity contribution in [1.29, 1.82) is 0 Å². The molecule has 68 valence electrons. The number of thioether (sulfide) groups is 1. The van der Waals surface area contributed by atoms with Crippen molar-refractivity contribution in [3.05, 3.63) is 29.6 Å². The third kappa shape index (κ3) is 1.11. The minimum Gasteiger partial charge on any atom is -0.364 e. The zero-order chi connectivity index (χ0) is 8.89. The third-order valence-electron chi connectivity index (χ3n) is 2.69. The van der Waals surface area contributed by atoms with E-state index >= 15 is 0 Å². The minimum atomic E-state index is -0.156. The van der Waals surface area contributed by atoms with Gasteiger partial charge in [0.1, 0.15) is 11.4 Å². The smallest absolute Gasteiger partial charge is 0.123 e. The molecule has 1 unspecified atom stereocenters. The SMILES string of the molecule is Fc1ccc2c(c1)C1(CCS2)CO1. The molecule has 2 aliphatic rings. The standard InChI is InChI=1S/C10H9FOS/c11-7-1-2-9-8(5-7)10(6-12-10)3-4-13-9/h1-2,5H,3-4,6H2. The molecule has 0 N–H and O–H groups in total. The second-order valence-corrected chi connectivity index (χ2v) is 4.66. The maximum atomic E-state index is 13.0. The lowest BCUT2D eigenvalue weighted by atomic mass is 9.96. The van der Waals surface area contributed by atoms with E-state index in [2.05, 4.69) is 0 Å². The molecule has 0 radical (unpaired) electrons. The van der Waals surface area contributed by atoms with E-state index in [4.69, 9.17) is 4.74 Å². The molecule has 2 aliphatic heterocycles. The van der Waals surface area contributed by atoms with Gasteiger partial charge in [0.25, 0.3) is 0 Å². The number of fused-ring (bicyclic) bond motifs is 2. The summed E-state index contributed by atoms with van der Waals surface area (Å²) in [7, 11) is 0. The lowest BCUT2D eigenvalue weighted by Crippen LogP contribution is -2.15. The average molecular weight is 196 g/mol. The first-order valence-corrected chi connectivity index (χ1v) is 5.36. The predicted octanol–water partition coefficient (Wildman–Crippen LogP) is 2.55. The molecule has 13 heavy (non-hydrogen) atoms. The van der Waals surface area contributed by atoms with E-state index in [1.165, 1.54) is 11.0 Å². The van der Waals surface area contributed by atoms with E-state index in [1.807, 2.05) is 6.07 Å². The lowest BCUT2D eigenvalue weighted by molar-refractivity contribution is 0.296. The topological polar surface area (TPSA) is 12.5 Å². The van der Waals surface area contributed by atoms with Crippen molar-refractivity contribution in [2.45, 2.75) is 16.9 Å². The molecule has 1 nitrogen and oxygen atoms in total. The molecule has 1 fully saturated rings. The van der Waals surface area contributed by atoms with Crippen LogP contribution in [0.4, 0.5) is 4.39 Å². The Kier molecular flexibility index (Phi) is 1.50. The molecule has 1 aromatic rings. The van der Waals surface area contributed by atoms with E-state index in [0.717, 1.165) is 24.3 Å². The predicted molar refractivity (Wildman–Crippen MR) is 49.4 cm³/mol.